The number of carbonyl (C=O) groups is 1. The fraction of sp³-hybridized carbons (Fsp3) is 0.333. The fourth-order valence-electron chi connectivity index (χ4n) is 4.79. The molecular formula is C27H30N6O4. The summed E-state index contributed by atoms with van der Waals surface area (Å²) < 4.78 is 16.3. The molecule has 0 spiro atoms. The number of anilines is 2. The summed E-state index contributed by atoms with van der Waals surface area (Å²) in [4.78, 5) is 30.8. The number of hydrogen-bond donors (Lipinski definition) is 1. The smallest absolute Gasteiger partial charge is 0.278 e. The minimum absolute atomic E-state index is 0.146. The molecule has 1 amide bonds. The Morgan fingerprint density at radius 3 is 2.38 bits per heavy atom. The van der Waals surface area contributed by atoms with E-state index < -0.39 is 0 Å². The van der Waals surface area contributed by atoms with Crippen molar-refractivity contribution in [2.24, 2.45) is 4.99 Å². The van der Waals surface area contributed by atoms with Crippen molar-refractivity contribution in [3.63, 3.8) is 0 Å². The number of ether oxygens (including phenoxy) is 3. The van der Waals surface area contributed by atoms with Gasteiger partial charge in [-0.2, -0.15) is 4.98 Å². The molecule has 2 aliphatic rings. The maximum Gasteiger partial charge on any atom is 0.278 e. The minimum Gasteiger partial charge on any atom is -0.493 e. The molecule has 10 heteroatoms. The molecule has 37 heavy (non-hydrogen) atoms. The first-order valence-corrected chi connectivity index (χ1v) is 12.1. The van der Waals surface area contributed by atoms with Gasteiger partial charge in [-0.1, -0.05) is 18.2 Å². The summed E-state index contributed by atoms with van der Waals surface area (Å²) in [6, 6.07) is 11.4. The molecule has 0 atom stereocenters. The molecule has 2 N–H and O–H groups in total. The molecule has 1 aromatic heterocycles. The van der Waals surface area contributed by atoms with Gasteiger partial charge in [-0.25, -0.2) is 9.98 Å². The summed E-state index contributed by atoms with van der Waals surface area (Å²) >= 11 is 0. The monoisotopic (exact) mass is 502 g/mol. The summed E-state index contributed by atoms with van der Waals surface area (Å²) in [7, 11) is 4.70. The maximum absolute atomic E-state index is 13.4. The molecule has 5 rings (SSSR count). The van der Waals surface area contributed by atoms with Gasteiger partial charge in [-0.15, -0.1) is 0 Å². The van der Waals surface area contributed by atoms with Crippen molar-refractivity contribution in [2.45, 2.75) is 19.3 Å². The van der Waals surface area contributed by atoms with Crippen molar-refractivity contribution in [3.05, 3.63) is 59.3 Å². The van der Waals surface area contributed by atoms with Gasteiger partial charge in [-0.05, 0) is 49.7 Å². The molecule has 2 aliphatic heterocycles. The molecule has 0 radical (unpaired) electrons. The van der Waals surface area contributed by atoms with Crippen molar-refractivity contribution in [1.82, 2.24) is 14.9 Å². The zero-order valence-electron chi connectivity index (χ0n) is 21.2. The Morgan fingerprint density at radius 1 is 1.03 bits per heavy atom. The van der Waals surface area contributed by atoms with Crippen LogP contribution >= 0.6 is 0 Å². The second-order valence-corrected chi connectivity index (χ2v) is 8.97. The molecule has 0 unspecified atom stereocenters. The largest absolute Gasteiger partial charge is 0.493 e. The number of para-hydroxylation sites is 1. The van der Waals surface area contributed by atoms with E-state index in [4.69, 9.17) is 19.9 Å². The molecule has 3 aromatic rings. The van der Waals surface area contributed by atoms with Gasteiger partial charge < -0.3 is 19.9 Å². The van der Waals surface area contributed by atoms with Crippen LogP contribution in [0.25, 0.3) is 0 Å². The van der Waals surface area contributed by atoms with Crippen LogP contribution in [0.15, 0.2) is 47.6 Å². The van der Waals surface area contributed by atoms with E-state index in [1.165, 1.54) is 0 Å². The highest BCUT2D eigenvalue weighted by molar-refractivity contribution is 6.54. The minimum atomic E-state index is -0.156. The maximum atomic E-state index is 13.4. The van der Waals surface area contributed by atoms with Crippen LogP contribution in [0.2, 0.25) is 0 Å². The summed E-state index contributed by atoms with van der Waals surface area (Å²) in [5.74, 6) is 1.90. The number of likely N-dealkylation sites (tertiary alicyclic amines) is 1. The Balaban J connectivity index is 1.41. The number of nitrogens with zero attached hydrogens (tertiary/aromatic N) is 5. The Morgan fingerprint density at radius 2 is 1.73 bits per heavy atom. The lowest BCUT2D eigenvalue weighted by atomic mass is 10.1. The number of fused-ring (bicyclic) bond motifs is 1. The van der Waals surface area contributed by atoms with Crippen molar-refractivity contribution >= 4 is 29.1 Å². The molecule has 0 bridgehead atoms. The lowest BCUT2D eigenvalue weighted by molar-refractivity contribution is -0.112. The van der Waals surface area contributed by atoms with Crippen LogP contribution in [0.1, 0.15) is 29.5 Å². The number of nitrogen functional groups attached to an aromatic ring is 1. The first-order chi connectivity index (χ1) is 18.0. The number of benzene rings is 2. The summed E-state index contributed by atoms with van der Waals surface area (Å²) in [5, 5.41) is 0. The van der Waals surface area contributed by atoms with Gasteiger partial charge in [0.15, 0.2) is 11.5 Å². The Kier molecular flexibility index (Phi) is 6.91. The van der Waals surface area contributed by atoms with E-state index in [0.717, 1.165) is 42.7 Å². The van der Waals surface area contributed by atoms with Gasteiger partial charge in [0, 0.05) is 23.7 Å². The molecule has 10 nitrogen and oxygen atoms in total. The van der Waals surface area contributed by atoms with Crippen LogP contribution < -0.4 is 24.8 Å². The van der Waals surface area contributed by atoms with Gasteiger partial charge in [0.2, 0.25) is 5.75 Å². The van der Waals surface area contributed by atoms with Crippen LogP contribution in [0.5, 0.6) is 17.2 Å². The summed E-state index contributed by atoms with van der Waals surface area (Å²) in [6.07, 6.45) is 4.39. The lowest BCUT2D eigenvalue weighted by Crippen LogP contribution is -2.39. The van der Waals surface area contributed by atoms with Gasteiger partial charge in [0.1, 0.15) is 11.5 Å². The predicted octanol–water partition coefficient (Wildman–Crippen LogP) is 3.20. The second kappa shape index (κ2) is 10.4. The number of nitrogens with two attached hydrogens (primary N) is 1. The van der Waals surface area contributed by atoms with Gasteiger partial charge in [-0.3, -0.25) is 14.6 Å². The standard InChI is InChI=1S/C27H30N6O4/c1-35-21-13-17(14-22(36-2)24(21)37-3)12-18-15-29-27(31-25(18)28)30-23-19-8-4-5-9-20(19)33(26(23)34)16-32-10-6-7-11-32/h4-5,8-9,13-15H,6-7,10-12,16H2,1-3H3,(H2,28,29,31)/b30-23+. The molecular weight excluding hydrogens is 472 g/mol. The van der Waals surface area contributed by atoms with Crippen LogP contribution in [-0.4, -0.2) is 67.6 Å². The van der Waals surface area contributed by atoms with Crippen molar-refractivity contribution in [3.8, 4) is 17.2 Å². The number of carbonyl (C=O) groups excluding carboxylic acids is 1. The zero-order chi connectivity index (χ0) is 25.9. The lowest BCUT2D eigenvalue weighted by Gasteiger charge is -2.23. The van der Waals surface area contributed by atoms with Gasteiger partial charge in [0.05, 0.1) is 33.7 Å². The average molecular weight is 503 g/mol. The summed E-state index contributed by atoms with van der Waals surface area (Å²) in [5.41, 5.74) is 9.85. The van der Waals surface area contributed by atoms with E-state index in [0.29, 0.717) is 41.6 Å². The molecule has 192 valence electrons. The topological polar surface area (TPSA) is 115 Å². The molecule has 0 saturated carbocycles. The van der Waals surface area contributed by atoms with E-state index in [2.05, 4.69) is 19.9 Å². The number of aliphatic imine (C=N–C) groups is 1. The molecule has 2 aromatic carbocycles. The molecule has 0 aliphatic carbocycles. The molecule has 3 heterocycles. The zero-order valence-corrected chi connectivity index (χ0v) is 21.2. The van der Waals surface area contributed by atoms with E-state index in [1.54, 1.807) is 32.4 Å². The van der Waals surface area contributed by atoms with E-state index in [9.17, 15) is 4.79 Å². The highest BCUT2D eigenvalue weighted by Gasteiger charge is 2.35. The number of methoxy groups -OCH3 is 3. The number of rotatable bonds is 8. The van der Waals surface area contributed by atoms with E-state index in [-0.39, 0.29) is 17.7 Å². The van der Waals surface area contributed by atoms with Gasteiger partial charge >= 0.3 is 0 Å². The SMILES string of the molecule is COc1cc(Cc2cnc(/N=C3/C(=O)N(CN4CCCC4)c4ccccc43)nc2N)cc(OC)c1OC. The van der Waals surface area contributed by atoms with Crippen LogP contribution in [0, 0.1) is 0 Å². The number of amides is 1. The number of hydrogen-bond acceptors (Lipinski definition) is 9. The fourth-order valence-corrected chi connectivity index (χ4v) is 4.79. The first kappa shape index (κ1) is 24.5. The van der Waals surface area contributed by atoms with E-state index in [1.807, 2.05) is 36.4 Å². The normalized spacial score (nSPS) is 16.4. The third-order valence-corrected chi connectivity index (χ3v) is 6.65. The van der Waals surface area contributed by atoms with Crippen LogP contribution in [0.3, 0.4) is 0 Å². The quantitative estimate of drug-likeness (QED) is 0.499. The highest BCUT2D eigenvalue weighted by atomic mass is 16.5. The Hall–Kier alpha value is -4.18. The predicted molar refractivity (Wildman–Crippen MR) is 141 cm³/mol. The Bertz CT molecular complexity index is 1330. The highest BCUT2D eigenvalue weighted by Crippen LogP contribution is 2.39. The Labute approximate surface area is 215 Å². The van der Waals surface area contributed by atoms with Gasteiger partial charge in [0.25, 0.3) is 11.9 Å². The van der Waals surface area contributed by atoms with E-state index >= 15 is 0 Å². The van der Waals surface area contributed by atoms with Crippen LogP contribution in [0.4, 0.5) is 17.5 Å². The third-order valence-electron chi connectivity index (χ3n) is 6.65. The first-order valence-electron chi connectivity index (χ1n) is 12.1. The average Bonchev–Trinajstić information content (AvgIpc) is 3.52. The van der Waals surface area contributed by atoms with Crippen molar-refractivity contribution in [1.29, 1.82) is 0 Å². The van der Waals surface area contributed by atoms with Crippen LogP contribution in [-0.2, 0) is 11.2 Å². The number of aromatic nitrogens is 2. The molecule has 1 saturated heterocycles. The summed E-state index contributed by atoms with van der Waals surface area (Å²) in [6.45, 7) is 2.53. The van der Waals surface area contributed by atoms with Crippen molar-refractivity contribution in [2.75, 3.05) is 51.7 Å². The van der Waals surface area contributed by atoms with Crippen molar-refractivity contribution < 1.29 is 19.0 Å². The second-order valence-electron chi connectivity index (χ2n) is 8.97. The third kappa shape index (κ3) is 4.79. The molecule has 1 fully saturated rings.